The Hall–Kier alpha value is -2.62. The van der Waals surface area contributed by atoms with Crippen LogP contribution in [0.2, 0.25) is 0 Å². The second-order valence-corrected chi connectivity index (χ2v) is 4.67. The van der Waals surface area contributed by atoms with Gasteiger partial charge >= 0.3 is 0 Å². The average Bonchev–Trinajstić information content (AvgIpc) is 2.48. The third kappa shape index (κ3) is 1.95. The van der Waals surface area contributed by atoms with Crippen molar-refractivity contribution in [3.8, 4) is 11.3 Å². The highest BCUT2D eigenvalue weighted by molar-refractivity contribution is 5.95. The summed E-state index contributed by atoms with van der Waals surface area (Å²) in [7, 11) is 1.84. The summed E-state index contributed by atoms with van der Waals surface area (Å²) in [6, 6.07) is 13.9. The quantitative estimate of drug-likeness (QED) is 0.697. The lowest BCUT2D eigenvalue weighted by Crippen LogP contribution is -2.01. The topological polar surface area (TPSA) is 63.8 Å². The number of anilines is 2. The molecule has 0 aliphatic heterocycles. The van der Waals surface area contributed by atoms with Gasteiger partial charge in [0.15, 0.2) is 0 Å². The fourth-order valence-electron chi connectivity index (χ4n) is 2.32. The van der Waals surface area contributed by atoms with E-state index in [1.165, 1.54) is 0 Å². The van der Waals surface area contributed by atoms with Gasteiger partial charge in [-0.1, -0.05) is 30.3 Å². The van der Waals surface area contributed by atoms with Gasteiger partial charge in [-0.05, 0) is 19.1 Å². The molecule has 1 heterocycles. The molecule has 0 radical (unpaired) electrons. The number of aromatic nitrogens is 2. The van der Waals surface area contributed by atoms with Gasteiger partial charge in [0.2, 0.25) is 0 Å². The van der Waals surface area contributed by atoms with Gasteiger partial charge in [-0.15, -0.1) is 0 Å². The molecule has 0 amide bonds. The number of nitrogens with one attached hydrogen (secondary N) is 1. The Morgan fingerprint density at radius 2 is 1.75 bits per heavy atom. The minimum absolute atomic E-state index is 0.634. The third-order valence-corrected chi connectivity index (χ3v) is 3.37. The molecule has 3 rings (SSSR count). The molecule has 0 aliphatic rings. The van der Waals surface area contributed by atoms with Crippen molar-refractivity contribution in [2.45, 2.75) is 6.92 Å². The van der Waals surface area contributed by atoms with Gasteiger partial charge in [0.05, 0.1) is 28.3 Å². The summed E-state index contributed by atoms with van der Waals surface area (Å²) in [5, 5.41) is 3.07. The largest absolute Gasteiger partial charge is 0.395 e. The zero-order valence-corrected chi connectivity index (χ0v) is 11.5. The van der Waals surface area contributed by atoms with Crippen molar-refractivity contribution in [2.24, 2.45) is 0 Å². The molecule has 1 aromatic heterocycles. The molecule has 0 bridgehead atoms. The smallest absolute Gasteiger partial charge is 0.114 e. The number of hydrogen-bond acceptors (Lipinski definition) is 4. The molecule has 4 nitrogen and oxygen atoms in total. The second kappa shape index (κ2) is 4.81. The highest BCUT2D eigenvalue weighted by Gasteiger charge is 2.11. The monoisotopic (exact) mass is 264 g/mol. The van der Waals surface area contributed by atoms with E-state index >= 15 is 0 Å². The Kier molecular flexibility index (Phi) is 2.99. The zero-order chi connectivity index (χ0) is 14.1. The van der Waals surface area contributed by atoms with Crippen molar-refractivity contribution in [3.63, 3.8) is 0 Å². The van der Waals surface area contributed by atoms with Crippen molar-refractivity contribution in [1.82, 2.24) is 9.97 Å². The third-order valence-electron chi connectivity index (χ3n) is 3.37. The van der Waals surface area contributed by atoms with Crippen LogP contribution in [-0.2, 0) is 0 Å². The van der Waals surface area contributed by atoms with E-state index in [4.69, 9.17) is 10.7 Å². The fraction of sp³-hybridized carbons (Fsp3) is 0.125. The van der Waals surface area contributed by atoms with Crippen LogP contribution in [0.4, 0.5) is 11.4 Å². The molecule has 0 aliphatic carbocycles. The van der Waals surface area contributed by atoms with Crippen LogP contribution < -0.4 is 11.1 Å². The van der Waals surface area contributed by atoms with Crippen molar-refractivity contribution in [1.29, 1.82) is 0 Å². The van der Waals surface area contributed by atoms with Gasteiger partial charge < -0.3 is 11.1 Å². The van der Waals surface area contributed by atoms with E-state index in [-0.39, 0.29) is 0 Å². The summed E-state index contributed by atoms with van der Waals surface area (Å²) in [5.41, 5.74) is 12.0. The first-order valence-corrected chi connectivity index (χ1v) is 6.50. The molecule has 0 atom stereocenters. The maximum atomic E-state index is 6.16. The lowest BCUT2D eigenvalue weighted by Gasteiger charge is -2.11. The first-order chi connectivity index (χ1) is 9.70. The minimum Gasteiger partial charge on any atom is -0.395 e. The first kappa shape index (κ1) is 12.4. The van der Waals surface area contributed by atoms with E-state index in [2.05, 4.69) is 10.3 Å². The highest BCUT2D eigenvalue weighted by Crippen LogP contribution is 2.29. The molecule has 0 saturated heterocycles. The molecular weight excluding hydrogens is 248 g/mol. The number of hydrogen-bond donors (Lipinski definition) is 2. The Labute approximate surface area is 117 Å². The van der Waals surface area contributed by atoms with Gasteiger partial charge in [-0.3, -0.25) is 0 Å². The predicted molar refractivity (Wildman–Crippen MR) is 83.7 cm³/mol. The Balaban J connectivity index is 2.29. The molecule has 0 saturated carbocycles. The van der Waals surface area contributed by atoms with E-state index in [0.717, 1.165) is 33.7 Å². The summed E-state index contributed by atoms with van der Waals surface area (Å²) >= 11 is 0. The number of aryl methyl sites for hydroxylation is 1. The number of rotatable bonds is 2. The van der Waals surface area contributed by atoms with Gasteiger partial charge in [-0.25, -0.2) is 9.97 Å². The number of benzene rings is 2. The number of nitrogens with zero attached hydrogens (tertiary/aromatic N) is 2. The summed E-state index contributed by atoms with van der Waals surface area (Å²) < 4.78 is 0. The molecule has 2 aromatic carbocycles. The van der Waals surface area contributed by atoms with E-state index in [1.807, 2.05) is 56.4 Å². The molecular formula is C16H16N4. The van der Waals surface area contributed by atoms with E-state index in [9.17, 15) is 0 Å². The van der Waals surface area contributed by atoms with Crippen LogP contribution in [0.15, 0.2) is 42.5 Å². The summed E-state index contributed by atoms with van der Waals surface area (Å²) in [6.45, 7) is 1.97. The molecule has 3 N–H and O–H groups in total. The van der Waals surface area contributed by atoms with Crippen LogP contribution in [0.1, 0.15) is 5.69 Å². The molecule has 20 heavy (non-hydrogen) atoms. The lowest BCUT2D eigenvalue weighted by atomic mass is 10.1. The van der Waals surface area contributed by atoms with Gasteiger partial charge in [0.1, 0.15) is 5.52 Å². The SMILES string of the molecule is CNc1ccc2nc(C)c(-c3ccccc3)nc2c1N. The number of nitrogens with two attached hydrogens (primary N) is 1. The molecule has 0 spiro atoms. The maximum absolute atomic E-state index is 6.16. The normalized spacial score (nSPS) is 10.7. The van der Waals surface area contributed by atoms with Crippen LogP contribution in [0, 0.1) is 6.92 Å². The molecule has 3 aromatic rings. The van der Waals surface area contributed by atoms with Crippen LogP contribution in [0.3, 0.4) is 0 Å². The molecule has 0 fully saturated rings. The average molecular weight is 264 g/mol. The molecule has 0 unspecified atom stereocenters. The predicted octanol–water partition coefficient (Wildman–Crippen LogP) is 3.23. The highest BCUT2D eigenvalue weighted by atomic mass is 14.9. The van der Waals surface area contributed by atoms with Crippen LogP contribution >= 0.6 is 0 Å². The Morgan fingerprint density at radius 3 is 2.45 bits per heavy atom. The fourth-order valence-corrected chi connectivity index (χ4v) is 2.32. The Morgan fingerprint density at radius 1 is 1.00 bits per heavy atom. The number of fused-ring (bicyclic) bond motifs is 1. The zero-order valence-electron chi connectivity index (χ0n) is 11.5. The van der Waals surface area contributed by atoms with Crippen LogP contribution in [0.25, 0.3) is 22.3 Å². The summed E-state index contributed by atoms with van der Waals surface area (Å²) in [6.07, 6.45) is 0. The van der Waals surface area contributed by atoms with Crippen LogP contribution in [0.5, 0.6) is 0 Å². The standard InChI is InChI=1S/C16H16N4/c1-10-15(11-6-4-3-5-7-11)20-16-13(19-10)9-8-12(18-2)14(16)17/h3-9,18H,17H2,1-2H3. The van der Waals surface area contributed by atoms with Crippen molar-refractivity contribution in [3.05, 3.63) is 48.2 Å². The number of nitrogen functional groups attached to an aromatic ring is 1. The lowest BCUT2D eigenvalue weighted by molar-refractivity contribution is 1.19. The molecule has 4 heteroatoms. The van der Waals surface area contributed by atoms with E-state index in [0.29, 0.717) is 5.69 Å². The Bertz CT molecular complexity index is 766. The summed E-state index contributed by atoms with van der Waals surface area (Å²) in [4.78, 5) is 9.34. The molecule has 100 valence electrons. The minimum atomic E-state index is 0.634. The maximum Gasteiger partial charge on any atom is 0.114 e. The second-order valence-electron chi connectivity index (χ2n) is 4.67. The van der Waals surface area contributed by atoms with Gasteiger partial charge in [0, 0.05) is 12.6 Å². The van der Waals surface area contributed by atoms with Gasteiger partial charge in [0.25, 0.3) is 0 Å². The van der Waals surface area contributed by atoms with E-state index < -0.39 is 0 Å². The first-order valence-electron chi connectivity index (χ1n) is 6.50. The van der Waals surface area contributed by atoms with Crippen molar-refractivity contribution >= 4 is 22.4 Å². The van der Waals surface area contributed by atoms with Gasteiger partial charge in [-0.2, -0.15) is 0 Å². The van der Waals surface area contributed by atoms with Crippen molar-refractivity contribution < 1.29 is 0 Å². The summed E-state index contributed by atoms with van der Waals surface area (Å²) in [5.74, 6) is 0. The van der Waals surface area contributed by atoms with Crippen molar-refractivity contribution in [2.75, 3.05) is 18.1 Å². The van der Waals surface area contributed by atoms with E-state index in [1.54, 1.807) is 0 Å². The van der Waals surface area contributed by atoms with Crippen LogP contribution in [-0.4, -0.2) is 17.0 Å².